The molecule has 4 aromatic rings. The highest BCUT2D eigenvalue weighted by Crippen LogP contribution is 2.29. The van der Waals surface area contributed by atoms with E-state index in [4.69, 9.17) is 39.5 Å². The van der Waals surface area contributed by atoms with Crippen LogP contribution in [-0.4, -0.2) is 30.5 Å². The van der Waals surface area contributed by atoms with E-state index in [1.54, 1.807) is 36.4 Å². The molecule has 0 saturated heterocycles. The molecule has 186 valence electrons. The molecule has 0 bridgehead atoms. The molecule has 0 unspecified atom stereocenters. The average molecular weight is 555 g/mol. The Morgan fingerprint density at radius 2 is 1.59 bits per heavy atom. The molecule has 0 spiro atoms. The van der Waals surface area contributed by atoms with E-state index in [1.165, 1.54) is 24.4 Å². The van der Waals surface area contributed by atoms with Gasteiger partial charge in [-0.2, -0.15) is 5.10 Å². The Morgan fingerprint density at radius 3 is 2.38 bits per heavy atom. The maximum absolute atomic E-state index is 12.8. The van der Waals surface area contributed by atoms with Crippen LogP contribution in [0.2, 0.25) is 15.1 Å². The van der Waals surface area contributed by atoms with Gasteiger partial charge in [0.1, 0.15) is 5.75 Å². The molecule has 0 aliphatic heterocycles. The van der Waals surface area contributed by atoms with E-state index in [9.17, 15) is 14.4 Å². The summed E-state index contributed by atoms with van der Waals surface area (Å²) in [5, 5.41) is 8.89. The third-order valence-electron chi connectivity index (χ3n) is 5.20. The van der Waals surface area contributed by atoms with E-state index in [-0.39, 0.29) is 33.5 Å². The summed E-state index contributed by atoms with van der Waals surface area (Å²) < 4.78 is 5.62. The third kappa shape index (κ3) is 6.46. The van der Waals surface area contributed by atoms with Crippen LogP contribution in [0.25, 0.3) is 10.8 Å². The predicted octanol–water partition coefficient (Wildman–Crippen LogP) is 5.90. The lowest BCUT2D eigenvalue weighted by atomic mass is 10.0. The van der Waals surface area contributed by atoms with Crippen LogP contribution in [0, 0.1) is 0 Å². The van der Waals surface area contributed by atoms with Gasteiger partial charge in [0, 0.05) is 10.6 Å². The number of esters is 1. The van der Waals surface area contributed by atoms with Crippen molar-refractivity contribution in [2.24, 2.45) is 5.10 Å². The fourth-order valence-corrected chi connectivity index (χ4v) is 4.12. The van der Waals surface area contributed by atoms with Crippen molar-refractivity contribution in [1.82, 2.24) is 10.7 Å². The smallest absolute Gasteiger partial charge is 0.345 e. The number of carbonyl (C=O) groups excluding carboxylic acids is 3. The summed E-state index contributed by atoms with van der Waals surface area (Å²) in [5.74, 6) is -1.53. The van der Waals surface area contributed by atoms with Crippen molar-refractivity contribution in [3.63, 3.8) is 0 Å². The number of hydrazone groups is 1. The van der Waals surface area contributed by atoms with Crippen LogP contribution >= 0.6 is 34.8 Å². The first-order valence-corrected chi connectivity index (χ1v) is 12.0. The van der Waals surface area contributed by atoms with E-state index in [2.05, 4.69) is 15.8 Å². The molecule has 0 fully saturated rings. The van der Waals surface area contributed by atoms with E-state index in [1.807, 2.05) is 24.3 Å². The summed E-state index contributed by atoms with van der Waals surface area (Å²) >= 11 is 18.1. The van der Waals surface area contributed by atoms with Crippen LogP contribution in [0.3, 0.4) is 0 Å². The Morgan fingerprint density at radius 1 is 0.838 bits per heavy atom. The highest BCUT2D eigenvalue weighted by Gasteiger charge is 2.17. The second kappa shape index (κ2) is 11.9. The molecule has 0 atom stereocenters. The Hall–Kier alpha value is -3.91. The molecule has 0 saturated carbocycles. The molecule has 0 aliphatic rings. The lowest BCUT2D eigenvalue weighted by Crippen LogP contribution is -2.35. The van der Waals surface area contributed by atoms with Crippen molar-refractivity contribution in [2.45, 2.75) is 0 Å². The summed E-state index contributed by atoms with van der Waals surface area (Å²) in [6.45, 7) is -0.326. The van der Waals surface area contributed by atoms with Crippen LogP contribution in [0.15, 0.2) is 84.0 Å². The van der Waals surface area contributed by atoms with Crippen LogP contribution in [0.5, 0.6) is 5.75 Å². The summed E-state index contributed by atoms with van der Waals surface area (Å²) in [7, 11) is 0. The first-order valence-electron chi connectivity index (χ1n) is 10.9. The van der Waals surface area contributed by atoms with Gasteiger partial charge in [-0.05, 0) is 47.2 Å². The Labute approximate surface area is 227 Å². The first kappa shape index (κ1) is 26.2. The van der Waals surface area contributed by atoms with Gasteiger partial charge in [-0.25, -0.2) is 10.2 Å². The van der Waals surface area contributed by atoms with Gasteiger partial charge in [0.25, 0.3) is 11.8 Å². The number of rotatable bonds is 7. The van der Waals surface area contributed by atoms with Crippen LogP contribution in [0.4, 0.5) is 0 Å². The third-order valence-corrected chi connectivity index (χ3v) is 6.07. The minimum absolute atomic E-state index is 0.143. The minimum atomic E-state index is -0.682. The molecule has 0 aliphatic carbocycles. The highest BCUT2D eigenvalue weighted by molar-refractivity contribution is 6.36. The number of halogens is 3. The van der Waals surface area contributed by atoms with Crippen molar-refractivity contribution >= 4 is 69.6 Å². The van der Waals surface area contributed by atoms with Crippen molar-refractivity contribution in [3.05, 3.63) is 111 Å². The van der Waals surface area contributed by atoms with Gasteiger partial charge < -0.3 is 10.1 Å². The molecule has 7 nitrogen and oxygen atoms in total. The lowest BCUT2D eigenvalue weighted by Gasteiger charge is -2.11. The van der Waals surface area contributed by atoms with Crippen LogP contribution in [-0.2, 0) is 4.79 Å². The van der Waals surface area contributed by atoms with E-state index >= 15 is 0 Å². The summed E-state index contributed by atoms with van der Waals surface area (Å²) in [6.07, 6.45) is 1.36. The predicted molar refractivity (Wildman–Crippen MR) is 145 cm³/mol. The maximum Gasteiger partial charge on any atom is 0.345 e. The zero-order valence-electron chi connectivity index (χ0n) is 19.0. The lowest BCUT2D eigenvalue weighted by molar-refractivity contribution is -0.120. The molecule has 0 aromatic heterocycles. The van der Waals surface area contributed by atoms with Gasteiger partial charge in [0.05, 0.1) is 33.9 Å². The molecule has 37 heavy (non-hydrogen) atoms. The molecule has 10 heteroatoms. The molecule has 2 amide bonds. The van der Waals surface area contributed by atoms with Gasteiger partial charge in [-0.15, -0.1) is 0 Å². The average Bonchev–Trinajstić information content (AvgIpc) is 2.88. The van der Waals surface area contributed by atoms with Crippen LogP contribution in [0.1, 0.15) is 26.3 Å². The summed E-state index contributed by atoms with van der Waals surface area (Å²) in [5.41, 5.74) is 3.20. The molecule has 4 rings (SSSR count). The number of hydrogen-bond donors (Lipinski definition) is 2. The number of benzene rings is 4. The minimum Gasteiger partial charge on any atom is -0.422 e. The Kier molecular flexibility index (Phi) is 8.40. The Balaban J connectivity index is 1.49. The van der Waals surface area contributed by atoms with Crippen molar-refractivity contribution in [3.8, 4) is 5.75 Å². The number of carbonyl (C=O) groups is 3. The summed E-state index contributed by atoms with van der Waals surface area (Å²) in [4.78, 5) is 37.3. The van der Waals surface area contributed by atoms with Gasteiger partial charge >= 0.3 is 5.97 Å². The van der Waals surface area contributed by atoms with Gasteiger partial charge in [-0.1, -0.05) is 77.3 Å². The molecule has 0 radical (unpaired) electrons. The summed E-state index contributed by atoms with van der Waals surface area (Å²) in [6, 6.07) is 21.8. The SMILES string of the molecule is O=C(CNC(=O)c1ccccc1Cl)N/N=C/c1c(OC(=O)c2ccc(Cl)cc2Cl)ccc2ccccc12. The fraction of sp³-hybridized carbons (Fsp3) is 0.0370. The molecule has 0 heterocycles. The number of amides is 2. The van der Waals surface area contributed by atoms with E-state index < -0.39 is 17.8 Å². The highest BCUT2D eigenvalue weighted by atomic mass is 35.5. The number of nitrogens with zero attached hydrogens (tertiary/aromatic N) is 1. The van der Waals surface area contributed by atoms with Gasteiger partial charge in [-0.3, -0.25) is 9.59 Å². The van der Waals surface area contributed by atoms with E-state index in [0.29, 0.717) is 10.6 Å². The quantitative estimate of drug-likeness (QED) is 0.129. The molecule has 4 aromatic carbocycles. The zero-order chi connectivity index (χ0) is 26.4. The van der Waals surface area contributed by atoms with Crippen molar-refractivity contribution < 1.29 is 19.1 Å². The second-order valence-corrected chi connectivity index (χ2v) is 8.92. The van der Waals surface area contributed by atoms with Crippen LogP contribution < -0.4 is 15.5 Å². The van der Waals surface area contributed by atoms with Gasteiger partial charge in [0.2, 0.25) is 0 Å². The number of nitrogens with one attached hydrogen (secondary N) is 2. The normalized spacial score (nSPS) is 10.9. The maximum atomic E-state index is 12.8. The van der Waals surface area contributed by atoms with Crippen molar-refractivity contribution in [2.75, 3.05) is 6.54 Å². The molecular formula is C27H18Cl3N3O4. The fourth-order valence-electron chi connectivity index (χ4n) is 3.42. The van der Waals surface area contributed by atoms with Gasteiger partial charge in [0.15, 0.2) is 0 Å². The largest absolute Gasteiger partial charge is 0.422 e. The molecule has 2 N–H and O–H groups in total. The zero-order valence-corrected chi connectivity index (χ0v) is 21.3. The Bertz CT molecular complexity index is 1540. The standard InChI is InChI=1S/C27H18Cl3N3O4/c28-17-10-11-20(23(30)13-17)27(36)37-24-12-9-16-5-1-2-6-18(16)21(24)14-32-33-25(34)15-31-26(35)19-7-3-4-8-22(19)29/h1-14H,15H2,(H,31,35)(H,33,34)/b32-14+. The number of ether oxygens (including phenoxy) is 1. The molecular weight excluding hydrogens is 537 g/mol. The van der Waals surface area contributed by atoms with E-state index in [0.717, 1.165) is 10.8 Å². The van der Waals surface area contributed by atoms with Crippen molar-refractivity contribution in [1.29, 1.82) is 0 Å². The second-order valence-electron chi connectivity index (χ2n) is 7.67. The topological polar surface area (TPSA) is 96.9 Å². The monoisotopic (exact) mass is 553 g/mol. The first-order chi connectivity index (χ1) is 17.8. The number of fused-ring (bicyclic) bond motifs is 1. The number of hydrogen-bond acceptors (Lipinski definition) is 5.